The summed E-state index contributed by atoms with van der Waals surface area (Å²) in [5, 5.41) is 1.80. The van der Waals surface area contributed by atoms with Crippen LogP contribution >= 0.6 is 22.9 Å². The largest absolute Gasteiger partial charge is 0.348 e. The Labute approximate surface area is 109 Å². The second-order valence-corrected chi connectivity index (χ2v) is 5.82. The van der Waals surface area contributed by atoms with E-state index >= 15 is 0 Å². The molecule has 0 aliphatic carbocycles. The lowest BCUT2D eigenvalue weighted by atomic mass is 10.1. The molecule has 1 aliphatic heterocycles. The lowest BCUT2D eigenvalue weighted by Gasteiger charge is -2.29. The van der Waals surface area contributed by atoms with Crippen LogP contribution in [0.25, 0.3) is 10.2 Å². The van der Waals surface area contributed by atoms with Crippen LogP contribution in [0, 0.1) is 0 Å². The molecule has 0 saturated carbocycles. The Morgan fingerprint density at radius 2 is 2.12 bits per heavy atom. The van der Waals surface area contributed by atoms with Crippen LogP contribution in [0.5, 0.6) is 0 Å². The monoisotopic (exact) mass is 267 g/mol. The van der Waals surface area contributed by atoms with E-state index in [9.17, 15) is 0 Å². The minimum Gasteiger partial charge on any atom is -0.348 e. The van der Waals surface area contributed by atoms with E-state index in [0.717, 1.165) is 46.3 Å². The van der Waals surface area contributed by atoms with Crippen molar-refractivity contribution in [1.29, 1.82) is 0 Å². The molecule has 5 heteroatoms. The Morgan fingerprint density at radius 1 is 1.35 bits per heavy atom. The summed E-state index contributed by atoms with van der Waals surface area (Å²) < 4.78 is 1.15. The highest BCUT2D eigenvalue weighted by Crippen LogP contribution is 2.33. The quantitative estimate of drug-likeness (QED) is 0.864. The van der Waals surface area contributed by atoms with Crippen LogP contribution in [0.3, 0.4) is 0 Å². The molecule has 0 bridgehead atoms. The van der Waals surface area contributed by atoms with Crippen LogP contribution in [0.4, 0.5) is 5.13 Å². The molecule has 0 radical (unpaired) electrons. The zero-order chi connectivity index (χ0) is 11.8. The van der Waals surface area contributed by atoms with Crippen LogP contribution in [-0.2, 0) is 0 Å². The second kappa shape index (κ2) is 4.44. The Balaban J connectivity index is 1.93. The lowest BCUT2D eigenvalue weighted by Crippen LogP contribution is -2.39. The Hall–Kier alpha value is -0.840. The zero-order valence-electron chi connectivity index (χ0n) is 9.40. The maximum Gasteiger partial charge on any atom is 0.186 e. The number of thiazole rings is 1. The van der Waals surface area contributed by atoms with E-state index in [1.807, 2.05) is 12.1 Å². The molecule has 17 heavy (non-hydrogen) atoms. The van der Waals surface area contributed by atoms with Crippen molar-refractivity contribution in [3.05, 3.63) is 23.2 Å². The van der Waals surface area contributed by atoms with Crippen LogP contribution in [-0.4, -0.2) is 24.1 Å². The molecule has 1 fully saturated rings. The number of fused-ring (bicyclic) bond motifs is 1. The zero-order valence-corrected chi connectivity index (χ0v) is 11.0. The van der Waals surface area contributed by atoms with Crippen molar-refractivity contribution in [2.24, 2.45) is 5.73 Å². The number of halogens is 1. The number of nitrogens with two attached hydrogens (primary N) is 1. The number of aromatic nitrogens is 1. The average Bonchev–Trinajstić information content (AvgIpc) is 2.75. The third-order valence-corrected chi connectivity index (χ3v) is 4.55. The molecule has 1 saturated heterocycles. The molecule has 0 amide bonds. The third kappa shape index (κ3) is 2.12. The van der Waals surface area contributed by atoms with Gasteiger partial charge in [0, 0.05) is 19.1 Å². The molecule has 1 aromatic heterocycles. The first-order valence-electron chi connectivity index (χ1n) is 5.79. The smallest absolute Gasteiger partial charge is 0.186 e. The predicted molar refractivity (Wildman–Crippen MR) is 74.1 cm³/mol. The maximum absolute atomic E-state index is 6.14. The first-order chi connectivity index (χ1) is 8.24. The van der Waals surface area contributed by atoms with Crippen LogP contribution in [0.2, 0.25) is 5.02 Å². The van der Waals surface area contributed by atoms with E-state index in [0.29, 0.717) is 6.04 Å². The van der Waals surface area contributed by atoms with Gasteiger partial charge in [-0.1, -0.05) is 29.0 Å². The highest BCUT2D eigenvalue weighted by molar-refractivity contribution is 7.22. The van der Waals surface area contributed by atoms with Gasteiger partial charge in [0.05, 0.1) is 9.72 Å². The van der Waals surface area contributed by atoms with E-state index in [4.69, 9.17) is 17.3 Å². The van der Waals surface area contributed by atoms with Gasteiger partial charge in [0.15, 0.2) is 5.13 Å². The van der Waals surface area contributed by atoms with Gasteiger partial charge in [-0.05, 0) is 25.0 Å². The molecule has 0 unspecified atom stereocenters. The van der Waals surface area contributed by atoms with E-state index < -0.39 is 0 Å². The molecule has 0 spiro atoms. The maximum atomic E-state index is 6.14. The van der Waals surface area contributed by atoms with Gasteiger partial charge in [-0.15, -0.1) is 0 Å². The number of hydrogen-bond acceptors (Lipinski definition) is 4. The molecule has 2 heterocycles. The summed E-state index contributed by atoms with van der Waals surface area (Å²) in [6, 6.07) is 6.28. The van der Waals surface area contributed by atoms with Crippen molar-refractivity contribution in [3.8, 4) is 0 Å². The summed E-state index contributed by atoms with van der Waals surface area (Å²) in [7, 11) is 0. The Bertz CT molecular complexity index is 532. The van der Waals surface area contributed by atoms with Crippen molar-refractivity contribution in [3.63, 3.8) is 0 Å². The van der Waals surface area contributed by atoms with Gasteiger partial charge in [-0.25, -0.2) is 4.98 Å². The Morgan fingerprint density at radius 3 is 2.82 bits per heavy atom. The summed E-state index contributed by atoms with van der Waals surface area (Å²) in [5.74, 6) is 0. The van der Waals surface area contributed by atoms with Crippen molar-refractivity contribution in [2.75, 3.05) is 18.0 Å². The van der Waals surface area contributed by atoms with E-state index in [-0.39, 0.29) is 0 Å². The van der Waals surface area contributed by atoms with Gasteiger partial charge in [-0.2, -0.15) is 0 Å². The molecule has 0 atom stereocenters. The minimum absolute atomic E-state index is 0.351. The fourth-order valence-electron chi connectivity index (χ4n) is 2.13. The molecule has 1 aromatic carbocycles. The molecule has 90 valence electrons. The molecular weight excluding hydrogens is 254 g/mol. The SMILES string of the molecule is NC1CCN(c2nc3c(Cl)cccc3s2)CC1. The average molecular weight is 268 g/mol. The van der Waals surface area contributed by atoms with Gasteiger partial charge in [0.25, 0.3) is 0 Å². The molecule has 3 nitrogen and oxygen atoms in total. The number of nitrogens with zero attached hydrogens (tertiary/aromatic N) is 2. The first kappa shape index (κ1) is 11.3. The normalized spacial score (nSPS) is 17.9. The fraction of sp³-hybridized carbons (Fsp3) is 0.417. The topological polar surface area (TPSA) is 42.1 Å². The predicted octanol–water partition coefficient (Wildman–Crippen LogP) is 2.88. The molecule has 1 aliphatic rings. The molecule has 2 aromatic rings. The highest BCUT2D eigenvalue weighted by atomic mass is 35.5. The first-order valence-corrected chi connectivity index (χ1v) is 6.99. The van der Waals surface area contributed by atoms with Crippen molar-refractivity contribution < 1.29 is 0 Å². The summed E-state index contributed by atoms with van der Waals surface area (Å²) in [5.41, 5.74) is 6.83. The van der Waals surface area contributed by atoms with E-state index in [1.165, 1.54) is 0 Å². The fourth-order valence-corrected chi connectivity index (χ4v) is 3.45. The summed E-state index contributed by atoms with van der Waals surface area (Å²) in [4.78, 5) is 6.94. The van der Waals surface area contributed by atoms with E-state index in [2.05, 4.69) is 16.0 Å². The van der Waals surface area contributed by atoms with Crippen LogP contribution in [0.1, 0.15) is 12.8 Å². The standard InChI is InChI=1S/C12H14ClN3S/c13-9-2-1-3-10-11(9)15-12(17-10)16-6-4-8(14)5-7-16/h1-3,8H,4-7,14H2. The van der Waals surface area contributed by atoms with Gasteiger partial charge in [0.2, 0.25) is 0 Å². The van der Waals surface area contributed by atoms with Crippen LogP contribution in [0.15, 0.2) is 18.2 Å². The summed E-state index contributed by atoms with van der Waals surface area (Å²) in [6.07, 6.45) is 2.09. The highest BCUT2D eigenvalue weighted by Gasteiger charge is 2.19. The van der Waals surface area contributed by atoms with Gasteiger partial charge >= 0.3 is 0 Å². The minimum atomic E-state index is 0.351. The van der Waals surface area contributed by atoms with Crippen LogP contribution < -0.4 is 10.6 Å². The van der Waals surface area contributed by atoms with Crippen molar-refractivity contribution >= 4 is 38.3 Å². The Kier molecular flexibility index (Phi) is 2.94. The third-order valence-electron chi connectivity index (χ3n) is 3.17. The number of anilines is 1. The number of benzene rings is 1. The number of hydrogen-bond donors (Lipinski definition) is 1. The number of rotatable bonds is 1. The van der Waals surface area contributed by atoms with Gasteiger partial charge < -0.3 is 10.6 Å². The van der Waals surface area contributed by atoms with Crippen molar-refractivity contribution in [1.82, 2.24) is 4.98 Å². The van der Waals surface area contributed by atoms with Gasteiger partial charge in [0.1, 0.15) is 5.52 Å². The second-order valence-electron chi connectivity index (χ2n) is 4.41. The summed E-state index contributed by atoms with van der Waals surface area (Å²) in [6.45, 7) is 2.00. The number of para-hydroxylation sites is 1. The van der Waals surface area contributed by atoms with E-state index in [1.54, 1.807) is 11.3 Å². The lowest BCUT2D eigenvalue weighted by molar-refractivity contribution is 0.501. The van der Waals surface area contributed by atoms with Gasteiger partial charge in [-0.3, -0.25) is 0 Å². The molecule has 2 N–H and O–H groups in total. The number of piperidine rings is 1. The molecule has 3 rings (SSSR count). The summed E-state index contributed by atoms with van der Waals surface area (Å²) >= 11 is 7.85. The molecular formula is C12H14ClN3S. The van der Waals surface area contributed by atoms with Crippen molar-refractivity contribution in [2.45, 2.75) is 18.9 Å².